The van der Waals surface area contributed by atoms with Crippen LogP contribution in [0.5, 0.6) is 11.5 Å². The number of ether oxygens (including phenoxy) is 2. The first-order valence-corrected chi connectivity index (χ1v) is 10.2. The first-order chi connectivity index (χ1) is 15.5. The second-order valence-electron chi connectivity index (χ2n) is 7.12. The minimum atomic E-state index is -0.283. The van der Waals surface area contributed by atoms with Gasteiger partial charge in [0, 0.05) is 17.3 Å². The van der Waals surface area contributed by atoms with Gasteiger partial charge >= 0.3 is 0 Å². The van der Waals surface area contributed by atoms with Gasteiger partial charge in [0.15, 0.2) is 11.5 Å². The van der Waals surface area contributed by atoms with Crippen molar-refractivity contribution in [1.82, 2.24) is 5.32 Å². The molecule has 2 amide bonds. The SMILES string of the molecule is COc1ccc(/C=C/C(=O)Nc2ccc(C(=O)NC(C)c3ccccc3)cc2)cc1OC. The van der Waals surface area contributed by atoms with E-state index in [1.807, 2.05) is 43.3 Å². The second kappa shape index (κ2) is 10.8. The summed E-state index contributed by atoms with van der Waals surface area (Å²) in [5.74, 6) is 0.754. The van der Waals surface area contributed by atoms with Crippen LogP contribution in [0.3, 0.4) is 0 Å². The first-order valence-electron chi connectivity index (χ1n) is 10.2. The van der Waals surface area contributed by atoms with Crippen molar-refractivity contribution < 1.29 is 19.1 Å². The number of hydrogen-bond donors (Lipinski definition) is 2. The quantitative estimate of drug-likeness (QED) is 0.501. The Balaban J connectivity index is 1.57. The van der Waals surface area contributed by atoms with Crippen molar-refractivity contribution >= 4 is 23.6 Å². The molecular weight excluding hydrogens is 404 g/mol. The highest BCUT2D eigenvalue weighted by Gasteiger charge is 2.11. The molecule has 3 aromatic carbocycles. The molecular formula is C26H26N2O4. The highest BCUT2D eigenvalue weighted by molar-refractivity contribution is 6.02. The average molecular weight is 431 g/mol. The monoisotopic (exact) mass is 430 g/mol. The van der Waals surface area contributed by atoms with Crippen LogP contribution in [0.15, 0.2) is 78.9 Å². The van der Waals surface area contributed by atoms with E-state index in [2.05, 4.69) is 10.6 Å². The van der Waals surface area contributed by atoms with Crippen LogP contribution in [0.2, 0.25) is 0 Å². The summed E-state index contributed by atoms with van der Waals surface area (Å²) in [7, 11) is 3.13. The molecule has 6 nitrogen and oxygen atoms in total. The molecule has 3 rings (SSSR count). The van der Waals surface area contributed by atoms with Crippen LogP contribution in [0.25, 0.3) is 6.08 Å². The predicted molar refractivity (Wildman–Crippen MR) is 126 cm³/mol. The van der Waals surface area contributed by atoms with Gasteiger partial charge in [-0.15, -0.1) is 0 Å². The summed E-state index contributed by atoms with van der Waals surface area (Å²) in [4.78, 5) is 24.7. The fraction of sp³-hybridized carbons (Fsp3) is 0.154. The first kappa shape index (κ1) is 22.6. The number of rotatable bonds is 8. The molecule has 0 fully saturated rings. The number of methoxy groups -OCH3 is 2. The van der Waals surface area contributed by atoms with Crippen molar-refractivity contribution in [3.63, 3.8) is 0 Å². The van der Waals surface area contributed by atoms with Crippen molar-refractivity contribution in [1.29, 1.82) is 0 Å². The lowest BCUT2D eigenvalue weighted by Gasteiger charge is -2.14. The molecule has 0 bridgehead atoms. The van der Waals surface area contributed by atoms with Gasteiger partial charge in [-0.25, -0.2) is 0 Å². The lowest BCUT2D eigenvalue weighted by Crippen LogP contribution is -2.26. The number of carbonyl (C=O) groups excluding carboxylic acids is 2. The standard InChI is InChI=1S/C26H26N2O4/c1-18(20-7-5-4-6-8-20)27-26(30)21-11-13-22(14-12-21)28-25(29)16-10-19-9-15-23(31-2)24(17-19)32-3/h4-18H,1-3H3,(H,27,30)(H,28,29)/b16-10+. The third kappa shape index (κ3) is 5.98. The van der Waals surface area contributed by atoms with Gasteiger partial charge in [-0.05, 0) is 60.5 Å². The zero-order valence-corrected chi connectivity index (χ0v) is 18.3. The number of anilines is 1. The van der Waals surface area contributed by atoms with E-state index in [4.69, 9.17) is 9.47 Å². The van der Waals surface area contributed by atoms with Crippen LogP contribution in [0, 0.1) is 0 Å². The normalized spacial score (nSPS) is 11.6. The maximum absolute atomic E-state index is 12.5. The van der Waals surface area contributed by atoms with Crippen molar-refractivity contribution in [3.8, 4) is 11.5 Å². The summed E-state index contributed by atoms with van der Waals surface area (Å²) in [5.41, 5.74) is 2.95. The fourth-order valence-corrected chi connectivity index (χ4v) is 3.12. The molecule has 0 aromatic heterocycles. The van der Waals surface area contributed by atoms with Crippen molar-refractivity contribution in [2.75, 3.05) is 19.5 Å². The maximum Gasteiger partial charge on any atom is 0.251 e. The van der Waals surface area contributed by atoms with Crippen LogP contribution in [-0.4, -0.2) is 26.0 Å². The van der Waals surface area contributed by atoms with Gasteiger partial charge in [-0.1, -0.05) is 36.4 Å². The molecule has 0 spiro atoms. The predicted octanol–water partition coefficient (Wildman–Crippen LogP) is 4.85. The molecule has 3 aromatic rings. The van der Waals surface area contributed by atoms with Crippen molar-refractivity contribution in [2.45, 2.75) is 13.0 Å². The summed E-state index contributed by atoms with van der Waals surface area (Å²) < 4.78 is 10.5. The molecule has 1 atom stereocenters. The zero-order chi connectivity index (χ0) is 22.9. The summed E-state index contributed by atoms with van der Waals surface area (Å²) in [6.07, 6.45) is 3.12. The molecule has 0 heterocycles. The summed E-state index contributed by atoms with van der Waals surface area (Å²) >= 11 is 0. The van der Waals surface area contributed by atoms with Crippen molar-refractivity contribution in [3.05, 3.63) is 95.6 Å². The lowest BCUT2D eigenvalue weighted by atomic mass is 10.1. The highest BCUT2D eigenvalue weighted by Crippen LogP contribution is 2.28. The number of benzene rings is 3. The largest absolute Gasteiger partial charge is 0.493 e. The van der Waals surface area contributed by atoms with Crippen LogP contribution in [0.1, 0.15) is 34.5 Å². The van der Waals surface area contributed by atoms with Crippen LogP contribution < -0.4 is 20.1 Å². The smallest absolute Gasteiger partial charge is 0.251 e. The Labute approximate surface area is 187 Å². The van der Waals surface area contributed by atoms with Crippen LogP contribution >= 0.6 is 0 Å². The Hall–Kier alpha value is -4.06. The molecule has 0 radical (unpaired) electrons. The third-order valence-corrected chi connectivity index (χ3v) is 4.90. The second-order valence-corrected chi connectivity index (χ2v) is 7.12. The van der Waals surface area contributed by atoms with E-state index in [9.17, 15) is 9.59 Å². The fourth-order valence-electron chi connectivity index (χ4n) is 3.12. The molecule has 0 aliphatic heterocycles. The third-order valence-electron chi connectivity index (χ3n) is 4.90. The molecule has 0 saturated heterocycles. The summed E-state index contributed by atoms with van der Waals surface area (Å²) in [6.45, 7) is 1.94. The van der Waals surface area contributed by atoms with Gasteiger partial charge in [-0.2, -0.15) is 0 Å². The van der Waals surface area contributed by atoms with Gasteiger partial charge in [-0.3, -0.25) is 9.59 Å². The van der Waals surface area contributed by atoms with E-state index >= 15 is 0 Å². The molecule has 32 heavy (non-hydrogen) atoms. The number of hydrogen-bond acceptors (Lipinski definition) is 4. The topological polar surface area (TPSA) is 76.7 Å². The van der Waals surface area contributed by atoms with Crippen LogP contribution in [-0.2, 0) is 4.79 Å². The van der Waals surface area contributed by atoms with E-state index < -0.39 is 0 Å². The Morgan fingerprint density at radius 1 is 0.875 bits per heavy atom. The zero-order valence-electron chi connectivity index (χ0n) is 18.3. The highest BCUT2D eigenvalue weighted by atomic mass is 16.5. The summed E-state index contributed by atoms with van der Waals surface area (Å²) in [6, 6.07) is 21.8. The van der Waals surface area contributed by atoms with Gasteiger partial charge < -0.3 is 20.1 Å². The van der Waals surface area contributed by atoms with E-state index in [1.165, 1.54) is 6.08 Å². The summed E-state index contributed by atoms with van der Waals surface area (Å²) in [5, 5.41) is 5.75. The molecule has 0 saturated carbocycles. The minimum absolute atomic E-state index is 0.107. The van der Waals surface area contributed by atoms with Gasteiger partial charge in [0.05, 0.1) is 20.3 Å². The number of nitrogens with one attached hydrogen (secondary N) is 2. The average Bonchev–Trinajstić information content (AvgIpc) is 2.83. The Kier molecular flexibility index (Phi) is 7.65. The molecule has 6 heteroatoms. The van der Waals surface area contributed by atoms with Crippen molar-refractivity contribution in [2.24, 2.45) is 0 Å². The molecule has 0 aliphatic carbocycles. The Morgan fingerprint density at radius 2 is 1.56 bits per heavy atom. The Morgan fingerprint density at radius 3 is 2.22 bits per heavy atom. The maximum atomic E-state index is 12.5. The van der Waals surface area contributed by atoms with Gasteiger partial charge in [0.1, 0.15) is 0 Å². The number of amides is 2. The lowest BCUT2D eigenvalue weighted by molar-refractivity contribution is -0.111. The van der Waals surface area contributed by atoms with Gasteiger partial charge in [0.2, 0.25) is 5.91 Å². The van der Waals surface area contributed by atoms with Gasteiger partial charge in [0.25, 0.3) is 5.91 Å². The molecule has 0 aliphatic rings. The molecule has 2 N–H and O–H groups in total. The molecule has 164 valence electrons. The van der Waals surface area contributed by atoms with Crippen LogP contribution in [0.4, 0.5) is 5.69 Å². The van der Waals surface area contributed by atoms with E-state index in [0.29, 0.717) is 22.7 Å². The Bertz CT molecular complexity index is 1090. The van der Waals surface area contributed by atoms with E-state index in [1.54, 1.807) is 56.7 Å². The van der Waals surface area contributed by atoms with E-state index in [-0.39, 0.29) is 17.9 Å². The molecule has 1 unspecified atom stereocenters. The minimum Gasteiger partial charge on any atom is -0.493 e. The number of carbonyl (C=O) groups is 2. The van der Waals surface area contributed by atoms with E-state index in [0.717, 1.165) is 11.1 Å².